The van der Waals surface area contributed by atoms with Gasteiger partial charge in [0.15, 0.2) is 0 Å². The summed E-state index contributed by atoms with van der Waals surface area (Å²) in [5.41, 5.74) is 8.23. The maximum Gasteiger partial charge on any atom is 0.141 e. The largest absolute Gasteiger partial charge is 0.355 e. The molecule has 1 aromatic heterocycles. The number of fused-ring (bicyclic) bond motifs is 1. The summed E-state index contributed by atoms with van der Waals surface area (Å²) < 4.78 is 0. The Morgan fingerprint density at radius 3 is 2.75 bits per heavy atom. The van der Waals surface area contributed by atoms with Gasteiger partial charge in [-0.05, 0) is 57.3 Å². The van der Waals surface area contributed by atoms with Crippen molar-refractivity contribution in [1.29, 1.82) is 0 Å². The van der Waals surface area contributed by atoms with E-state index >= 15 is 0 Å². The topological polar surface area (TPSA) is 58.3 Å². The molecule has 2 N–H and O–H groups in total. The Hall–Kier alpha value is -1.17. The average molecular weight is 348 g/mol. The van der Waals surface area contributed by atoms with E-state index in [2.05, 4.69) is 19.8 Å². The Morgan fingerprint density at radius 1 is 1.17 bits per heavy atom. The van der Waals surface area contributed by atoms with Crippen molar-refractivity contribution in [2.45, 2.75) is 32.1 Å². The van der Waals surface area contributed by atoms with Gasteiger partial charge in [0.2, 0.25) is 0 Å². The number of anilines is 1. The maximum atomic E-state index is 6.41. The summed E-state index contributed by atoms with van der Waals surface area (Å²) in [6, 6.07) is 0. The minimum Gasteiger partial charge on any atom is -0.355 e. The smallest absolute Gasteiger partial charge is 0.141 e. The lowest BCUT2D eigenvalue weighted by Gasteiger charge is -2.39. The molecule has 6 heteroatoms. The van der Waals surface area contributed by atoms with Crippen LogP contribution in [0.15, 0.2) is 12.4 Å². The van der Waals surface area contributed by atoms with Crippen LogP contribution in [0.2, 0.25) is 0 Å². The van der Waals surface area contributed by atoms with Crippen LogP contribution in [0.3, 0.4) is 0 Å². The zero-order valence-electron chi connectivity index (χ0n) is 14.2. The molecule has 0 unspecified atom stereocenters. The van der Waals surface area contributed by atoms with Crippen LogP contribution in [0.4, 0.5) is 5.82 Å². The van der Waals surface area contributed by atoms with Gasteiger partial charge in [-0.3, -0.25) is 0 Å². The first-order chi connectivity index (χ1) is 11.7. The van der Waals surface area contributed by atoms with Crippen LogP contribution < -0.4 is 10.6 Å². The molecule has 4 rings (SSSR count). The molecule has 2 saturated heterocycles. The van der Waals surface area contributed by atoms with Gasteiger partial charge in [0.25, 0.3) is 0 Å². The summed E-state index contributed by atoms with van der Waals surface area (Å²) in [6.07, 6.45) is 9.51. The van der Waals surface area contributed by atoms with Crippen molar-refractivity contribution in [2.75, 3.05) is 44.2 Å². The van der Waals surface area contributed by atoms with Crippen LogP contribution in [0.25, 0.3) is 5.03 Å². The van der Waals surface area contributed by atoms with Crippen molar-refractivity contribution in [3.8, 4) is 0 Å². The molecule has 3 heterocycles. The Kier molecular flexibility index (Phi) is 4.50. The molecule has 2 aliphatic heterocycles. The van der Waals surface area contributed by atoms with E-state index in [1.54, 1.807) is 6.33 Å². The Morgan fingerprint density at radius 2 is 1.96 bits per heavy atom. The second-order valence-electron chi connectivity index (χ2n) is 7.43. The van der Waals surface area contributed by atoms with Gasteiger partial charge >= 0.3 is 0 Å². The highest BCUT2D eigenvalue weighted by molar-refractivity contribution is 6.49. The van der Waals surface area contributed by atoms with E-state index in [-0.39, 0.29) is 0 Å². The molecule has 5 nitrogen and oxygen atoms in total. The predicted molar refractivity (Wildman–Crippen MR) is 98.2 cm³/mol. The number of hydrogen-bond acceptors (Lipinski definition) is 5. The molecule has 1 aromatic rings. The van der Waals surface area contributed by atoms with E-state index in [1.807, 2.05) is 6.08 Å². The van der Waals surface area contributed by atoms with Crippen molar-refractivity contribution in [3.05, 3.63) is 23.7 Å². The molecule has 0 bridgehead atoms. The SMILES string of the molecule is NCCCN1CCC2(CC1)CCN(c1ncnc3c1C(Cl)=CC3)C2. The van der Waals surface area contributed by atoms with E-state index in [4.69, 9.17) is 17.3 Å². The minimum absolute atomic E-state index is 0.450. The fourth-order valence-electron chi connectivity index (χ4n) is 4.43. The van der Waals surface area contributed by atoms with E-state index in [9.17, 15) is 0 Å². The number of allylic oxidation sites excluding steroid dienone is 1. The van der Waals surface area contributed by atoms with Crippen LogP contribution in [-0.4, -0.2) is 54.1 Å². The number of nitrogens with zero attached hydrogens (tertiary/aromatic N) is 4. The van der Waals surface area contributed by atoms with E-state index < -0.39 is 0 Å². The number of aromatic nitrogens is 2. The molecule has 2 fully saturated rings. The number of nitrogens with two attached hydrogens (primary N) is 1. The van der Waals surface area contributed by atoms with Gasteiger partial charge in [0.1, 0.15) is 12.1 Å². The highest BCUT2D eigenvalue weighted by atomic mass is 35.5. The van der Waals surface area contributed by atoms with Gasteiger partial charge in [0.05, 0.1) is 11.3 Å². The second-order valence-corrected chi connectivity index (χ2v) is 7.84. The molecular weight excluding hydrogens is 322 g/mol. The fourth-order valence-corrected chi connectivity index (χ4v) is 4.70. The molecule has 3 aliphatic rings. The van der Waals surface area contributed by atoms with Crippen LogP contribution in [0.1, 0.15) is 36.9 Å². The summed E-state index contributed by atoms with van der Waals surface area (Å²) in [5, 5.41) is 0.818. The van der Waals surface area contributed by atoms with E-state index in [0.717, 1.165) is 61.1 Å². The zero-order chi connectivity index (χ0) is 16.6. The predicted octanol–water partition coefficient (Wildman–Crippen LogP) is 2.25. The summed E-state index contributed by atoms with van der Waals surface area (Å²) in [4.78, 5) is 14.0. The van der Waals surface area contributed by atoms with Crippen LogP contribution in [-0.2, 0) is 6.42 Å². The standard InChI is InChI=1S/C18H26ClN5/c19-14-2-3-15-16(14)17(22-13-21-15)24-11-6-18(12-24)4-9-23(10-5-18)8-1-7-20/h2,13H,1,3-12,20H2. The Labute approximate surface area is 148 Å². The zero-order valence-corrected chi connectivity index (χ0v) is 14.9. The lowest BCUT2D eigenvalue weighted by molar-refractivity contribution is 0.120. The quantitative estimate of drug-likeness (QED) is 0.905. The first-order valence-corrected chi connectivity index (χ1v) is 9.46. The third-order valence-corrected chi connectivity index (χ3v) is 6.30. The molecule has 1 aliphatic carbocycles. The van der Waals surface area contributed by atoms with Crippen molar-refractivity contribution in [3.63, 3.8) is 0 Å². The monoisotopic (exact) mass is 347 g/mol. The highest BCUT2D eigenvalue weighted by Gasteiger charge is 2.41. The molecule has 1 spiro atoms. The number of hydrogen-bond donors (Lipinski definition) is 1. The fraction of sp³-hybridized carbons (Fsp3) is 0.667. The normalized spacial score (nSPS) is 22.9. The van der Waals surface area contributed by atoms with Crippen LogP contribution in [0, 0.1) is 5.41 Å². The third kappa shape index (κ3) is 2.93. The number of piperidine rings is 1. The summed E-state index contributed by atoms with van der Waals surface area (Å²) in [6.45, 7) is 6.53. The molecule has 0 aromatic carbocycles. The number of rotatable bonds is 4. The number of likely N-dealkylation sites (tertiary alicyclic amines) is 1. The second kappa shape index (κ2) is 6.62. The molecule has 0 atom stereocenters. The first kappa shape index (κ1) is 16.3. The third-order valence-electron chi connectivity index (χ3n) is 5.95. The molecule has 0 amide bonds. The highest BCUT2D eigenvalue weighted by Crippen LogP contribution is 2.44. The molecular formula is C18H26ClN5. The van der Waals surface area contributed by atoms with E-state index in [1.165, 1.54) is 32.4 Å². The Balaban J connectivity index is 1.45. The van der Waals surface area contributed by atoms with Gasteiger partial charge < -0.3 is 15.5 Å². The number of halogens is 1. The molecule has 130 valence electrons. The van der Waals surface area contributed by atoms with Crippen LogP contribution in [0.5, 0.6) is 0 Å². The molecule has 0 saturated carbocycles. The van der Waals surface area contributed by atoms with Crippen molar-refractivity contribution < 1.29 is 0 Å². The first-order valence-electron chi connectivity index (χ1n) is 9.08. The minimum atomic E-state index is 0.450. The van der Waals surface area contributed by atoms with Gasteiger partial charge in [-0.15, -0.1) is 0 Å². The van der Waals surface area contributed by atoms with Gasteiger partial charge in [-0.2, -0.15) is 0 Å². The average Bonchev–Trinajstić information content (AvgIpc) is 3.19. The van der Waals surface area contributed by atoms with Crippen molar-refractivity contribution in [2.24, 2.45) is 11.1 Å². The summed E-state index contributed by atoms with van der Waals surface area (Å²) >= 11 is 6.41. The van der Waals surface area contributed by atoms with Crippen molar-refractivity contribution >= 4 is 22.5 Å². The maximum absolute atomic E-state index is 6.41. The van der Waals surface area contributed by atoms with Gasteiger partial charge in [-0.25, -0.2) is 9.97 Å². The van der Waals surface area contributed by atoms with E-state index in [0.29, 0.717) is 5.41 Å². The molecule has 24 heavy (non-hydrogen) atoms. The van der Waals surface area contributed by atoms with Crippen molar-refractivity contribution in [1.82, 2.24) is 14.9 Å². The summed E-state index contributed by atoms with van der Waals surface area (Å²) in [7, 11) is 0. The van der Waals surface area contributed by atoms with Gasteiger partial charge in [0, 0.05) is 24.5 Å². The van der Waals surface area contributed by atoms with Gasteiger partial charge in [-0.1, -0.05) is 17.7 Å². The lowest BCUT2D eigenvalue weighted by Crippen LogP contribution is -2.42. The Bertz CT molecular complexity index is 636. The molecule has 0 radical (unpaired) electrons. The summed E-state index contributed by atoms with van der Waals surface area (Å²) in [5.74, 6) is 1.04. The lowest BCUT2D eigenvalue weighted by atomic mass is 9.78. The van der Waals surface area contributed by atoms with Crippen LogP contribution >= 0.6 is 11.6 Å².